The van der Waals surface area contributed by atoms with Crippen molar-refractivity contribution in [2.45, 2.75) is 48.4 Å². The molecule has 0 aliphatic carbocycles. The first-order valence-electron chi connectivity index (χ1n) is 13.4. The van der Waals surface area contributed by atoms with E-state index >= 15 is 0 Å². The van der Waals surface area contributed by atoms with E-state index in [9.17, 15) is 9.18 Å². The minimum Gasteiger partial charge on any atom is -0.494 e. The van der Waals surface area contributed by atoms with Crippen LogP contribution in [0, 0.1) is 11.2 Å². The number of ether oxygens (including phenoxy) is 2. The fourth-order valence-electron chi connectivity index (χ4n) is 5.67. The highest BCUT2D eigenvalue weighted by Crippen LogP contribution is 2.42. The molecule has 2 aliphatic rings. The van der Waals surface area contributed by atoms with Crippen LogP contribution in [0.5, 0.6) is 5.75 Å². The monoisotopic (exact) mass is 596 g/mol. The molecular formula is C29H30ClFN6O3S. The van der Waals surface area contributed by atoms with Crippen molar-refractivity contribution in [1.82, 2.24) is 19.5 Å². The van der Waals surface area contributed by atoms with Crippen molar-refractivity contribution in [3.8, 4) is 5.75 Å². The highest BCUT2D eigenvalue weighted by Gasteiger charge is 2.47. The Morgan fingerprint density at radius 3 is 2.66 bits per heavy atom. The van der Waals surface area contributed by atoms with Gasteiger partial charge in [-0.05, 0) is 49.6 Å². The van der Waals surface area contributed by atoms with Gasteiger partial charge in [-0.2, -0.15) is 0 Å². The van der Waals surface area contributed by atoms with Gasteiger partial charge < -0.3 is 20.1 Å². The highest BCUT2D eigenvalue weighted by atomic mass is 35.5. The first-order valence-corrected chi connectivity index (χ1v) is 14.6. The number of benzene rings is 2. The second kappa shape index (κ2) is 11.2. The van der Waals surface area contributed by atoms with Gasteiger partial charge in [0.05, 0.1) is 61.0 Å². The summed E-state index contributed by atoms with van der Waals surface area (Å²) in [6.07, 6.45) is 6.94. The molecular weight excluding hydrogens is 567 g/mol. The van der Waals surface area contributed by atoms with Crippen molar-refractivity contribution in [3.63, 3.8) is 0 Å². The number of aromatic nitrogens is 4. The van der Waals surface area contributed by atoms with Crippen LogP contribution >= 0.6 is 23.4 Å². The largest absolute Gasteiger partial charge is 0.494 e. The zero-order valence-corrected chi connectivity index (χ0v) is 24.3. The third-order valence-corrected chi connectivity index (χ3v) is 9.71. The second-order valence-corrected chi connectivity index (χ2v) is 12.1. The third-order valence-electron chi connectivity index (χ3n) is 8.22. The number of hydrogen-bond acceptors (Lipinski definition) is 9. The van der Waals surface area contributed by atoms with E-state index in [0.717, 1.165) is 38.4 Å². The van der Waals surface area contributed by atoms with E-state index in [0.29, 0.717) is 26.4 Å². The summed E-state index contributed by atoms with van der Waals surface area (Å²) >= 11 is 8.07. The average Bonchev–Trinajstić information content (AvgIpc) is 3.25. The number of methoxy groups -OCH3 is 1. The van der Waals surface area contributed by atoms with Gasteiger partial charge in [0, 0.05) is 29.4 Å². The Bertz CT molecular complexity index is 1640. The van der Waals surface area contributed by atoms with E-state index in [1.54, 1.807) is 24.5 Å². The molecule has 4 aromatic rings. The predicted octanol–water partition coefficient (Wildman–Crippen LogP) is 4.52. The van der Waals surface area contributed by atoms with Crippen LogP contribution in [0.4, 0.5) is 10.2 Å². The molecule has 4 heterocycles. The van der Waals surface area contributed by atoms with Crippen molar-refractivity contribution in [2.24, 2.45) is 11.1 Å². The van der Waals surface area contributed by atoms with Gasteiger partial charge in [-0.1, -0.05) is 29.4 Å². The van der Waals surface area contributed by atoms with E-state index in [-0.39, 0.29) is 40.4 Å². The molecule has 2 saturated heterocycles. The predicted molar refractivity (Wildman–Crippen MR) is 156 cm³/mol. The fourth-order valence-corrected chi connectivity index (χ4v) is 6.79. The van der Waals surface area contributed by atoms with Crippen LogP contribution in [0.2, 0.25) is 5.02 Å². The van der Waals surface area contributed by atoms with Crippen LogP contribution in [0.3, 0.4) is 0 Å². The molecule has 12 heteroatoms. The van der Waals surface area contributed by atoms with Crippen LogP contribution < -0.4 is 20.9 Å². The lowest BCUT2D eigenvalue weighted by Gasteiger charge is -2.41. The second-order valence-electron chi connectivity index (χ2n) is 10.6. The number of rotatable bonds is 6. The molecule has 1 spiro atoms. The number of anilines is 1. The summed E-state index contributed by atoms with van der Waals surface area (Å²) in [6, 6.07) is 8.21. The van der Waals surface area contributed by atoms with Gasteiger partial charge in [-0.3, -0.25) is 9.36 Å². The number of piperidine rings is 1. The van der Waals surface area contributed by atoms with Crippen molar-refractivity contribution < 1.29 is 13.9 Å². The van der Waals surface area contributed by atoms with Crippen molar-refractivity contribution in [3.05, 3.63) is 75.8 Å². The summed E-state index contributed by atoms with van der Waals surface area (Å²) in [5.74, 6) is 0.458. The van der Waals surface area contributed by atoms with Crippen LogP contribution in [0.25, 0.3) is 10.9 Å². The van der Waals surface area contributed by atoms with Gasteiger partial charge in [0.25, 0.3) is 5.56 Å². The van der Waals surface area contributed by atoms with Crippen LogP contribution in [-0.4, -0.2) is 58.5 Å². The Morgan fingerprint density at radius 1 is 1.20 bits per heavy atom. The maximum atomic E-state index is 14.2. The molecule has 2 aromatic heterocycles. The zero-order valence-electron chi connectivity index (χ0n) is 22.7. The summed E-state index contributed by atoms with van der Waals surface area (Å²) in [7, 11) is 1.40. The molecule has 0 radical (unpaired) electrons. The molecule has 6 rings (SSSR count). The van der Waals surface area contributed by atoms with E-state index in [4.69, 9.17) is 26.8 Å². The summed E-state index contributed by atoms with van der Waals surface area (Å²) in [4.78, 5) is 29.9. The maximum Gasteiger partial charge on any atom is 0.263 e. The first-order chi connectivity index (χ1) is 19.8. The lowest BCUT2D eigenvalue weighted by Crippen LogP contribution is -2.50. The summed E-state index contributed by atoms with van der Waals surface area (Å²) in [5, 5.41) is 1.24. The van der Waals surface area contributed by atoms with Gasteiger partial charge in [0.1, 0.15) is 10.8 Å². The maximum absolute atomic E-state index is 14.2. The Kier molecular flexibility index (Phi) is 7.62. The standard InChI is InChI=1S/C29H30ClFN6O3S/c1-17-27(32)29(15-40-17)7-9-36(10-8-29)23-12-34-24(13-33-23)41-22-6-4-20-25(26(22)30)28(38)37(16-35-20)14-18-3-5-21(39-2)19(31)11-18/h3-6,11-13,16-17,27H,7-10,14-15,32H2,1-2H3/t17-,27+/m0/s1. The molecule has 2 N–H and O–H groups in total. The minimum absolute atomic E-state index is 0.0459. The lowest BCUT2D eigenvalue weighted by molar-refractivity contribution is 0.0974. The Hall–Kier alpha value is -3.25. The molecule has 9 nitrogen and oxygen atoms in total. The van der Waals surface area contributed by atoms with Crippen LogP contribution in [-0.2, 0) is 11.3 Å². The summed E-state index contributed by atoms with van der Waals surface area (Å²) in [5.41, 5.74) is 7.26. The van der Waals surface area contributed by atoms with Gasteiger partial charge in [0.2, 0.25) is 0 Å². The summed E-state index contributed by atoms with van der Waals surface area (Å²) < 4.78 is 26.4. The molecule has 0 bridgehead atoms. The topological polar surface area (TPSA) is 108 Å². The minimum atomic E-state index is -0.498. The smallest absolute Gasteiger partial charge is 0.263 e. The molecule has 41 heavy (non-hydrogen) atoms. The van der Waals surface area contributed by atoms with E-state index in [2.05, 4.69) is 19.9 Å². The Balaban J connectivity index is 1.18. The van der Waals surface area contributed by atoms with Crippen molar-refractivity contribution in [2.75, 3.05) is 31.7 Å². The molecule has 0 unspecified atom stereocenters. The first kappa shape index (κ1) is 27.9. The lowest BCUT2D eigenvalue weighted by atomic mass is 9.73. The number of nitrogens with zero attached hydrogens (tertiary/aromatic N) is 5. The van der Waals surface area contributed by atoms with Gasteiger partial charge in [-0.15, -0.1) is 0 Å². The molecule has 2 fully saturated rings. The molecule has 2 aliphatic heterocycles. The van der Waals surface area contributed by atoms with Crippen LogP contribution in [0.15, 0.2) is 63.8 Å². The molecule has 2 atom stereocenters. The number of hydrogen-bond donors (Lipinski definition) is 1. The Labute approximate surface area is 245 Å². The summed E-state index contributed by atoms with van der Waals surface area (Å²) in [6.45, 7) is 4.61. The third kappa shape index (κ3) is 5.27. The van der Waals surface area contributed by atoms with Crippen molar-refractivity contribution >= 4 is 40.1 Å². The fraction of sp³-hybridized carbons (Fsp3) is 0.379. The van der Waals surface area contributed by atoms with Gasteiger partial charge in [-0.25, -0.2) is 19.3 Å². The SMILES string of the molecule is COc1ccc(Cn2cnc3ccc(Sc4cnc(N5CCC6(CC5)CO[C@@H](C)[C@H]6N)cn4)c(Cl)c3c2=O)cc1F. The zero-order chi connectivity index (χ0) is 28.7. The molecule has 0 saturated carbocycles. The number of halogens is 2. The molecule has 0 amide bonds. The highest BCUT2D eigenvalue weighted by molar-refractivity contribution is 7.99. The quantitative estimate of drug-likeness (QED) is 0.344. The number of nitrogens with two attached hydrogens (primary N) is 1. The van der Waals surface area contributed by atoms with E-state index in [1.807, 2.05) is 13.0 Å². The molecule has 2 aromatic carbocycles. The Morgan fingerprint density at radius 2 is 2.00 bits per heavy atom. The number of fused-ring (bicyclic) bond motifs is 1. The normalized spacial score (nSPS) is 20.2. The van der Waals surface area contributed by atoms with Gasteiger partial charge in [0.15, 0.2) is 11.6 Å². The van der Waals surface area contributed by atoms with Crippen LogP contribution in [0.1, 0.15) is 25.3 Å². The van der Waals surface area contributed by atoms with E-state index < -0.39 is 5.82 Å². The molecule has 214 valence electrons. The van der Waals surface area contributed by atoms with E-state index in [1.165, 1.54) is 41.9 Å². The average molecular weight is 597 g/mol. The van der Waals surface area contributed by atoms with Gasteiger partial charge >= 0.3 is 0 Å². The van der Waals surface area contributed by atoms with Crippen molar-refractivity contribution in [1.29, 1.82) is 0 Å².